The molecule has 206 valence electrons. The molecule has 1 aromatic heterocycles. The highest BCUT2D eigenvalue weighted by Gasteiger charge is 2.63. The van der Waals surface area contributed by atoms with Gasteiger partial charge in [-0.2, -0.15) is 0 Å². The van der Waals surface area contributed by atoms with Crippen molar-refractivity contribution in [3.63, 3.8) is 0 Å². The SMILES string of the molecule is O=C(O)CCNC(=O)O[C@H]1CN2C(=O)N(c3cc(Cl)cc(Cl)c3)C(=O)[C@]2(Cc2ccc(-c3cccnc3)cc2)C1. The standard InChI is InChI=1S/C28H24Cl2N4O6/c29-20-10-21(30)12-22(11-20)34-25(37)28(13-17-3-5-18(6-4-17)19-2-1-8-31-15-19)14-23(16-33(28)27(34)39)40-26(38)32-9-7-24(35)36/h1-6,8,10-12,15,23H,7,9,13-14,16H2,(H,32,38)(H,35,36)/t23-,28+/m1/s1. The van der Waals surface area contributed by atoms with E-state index in [-0.39, 0.29) is 48.1 Å². The number of urea groups is 1. The Balaban J connectivity index is 1.42. The van der Waals surface area contributed by atoms with E-state index < -0.39 is 35.6 Å². The number of alkyl carbamates (subject to hydrolysis) is 1. The molecule has 0 spiro atoms. The third kappa shape index (κ3) is 5.45. The number of amides is 4. The molecular weight excluding hydrogens is 559 g/mol. The van der Waals surface area contributed by atoms with Crippen molar-refractivity contribution < 1.29 is 29.0 Å². The number of imide groups is 1. The number of anilines is 1. The van der Waals surface area contributed by atoms with Crippen molar-refractivity contribution in [1.82, 2.24) is 15.2 Å². The van der Waals surface area contributed by atoms with Crippen molar-refractivity contribution in [3.8, 4) is 11.1 Å². The van der Waals surface area contributed by atoms with Gasteiger partial charge in [0.15, 0.2) is 0 Å². The van der Waals surface area contributed by atoms with Crippen molar-refractivity contribution in [3.05, 3.63) is 82.6 Å². The molecule has 2 N–H and O–H groups in total. The molecule has 40 heavy (non-hydrogen) atoms. The third-order valence-electron chi connectivity index (χ3n) is 6.92. The number of nitrogens with zero attached hydrogens (tertiary/aromatic N) is 3. The van der Waals surface area contributed by atoms with Crippen LogP contribution in [0.2, 0.25) is 10.0 Å². The fraction of sp³-hybridized carbons (Fsp3) is 0.250. The first-order valence-electron chi connectivity index (χ1n) is 12.4. The summed E-state index contributed by atoms with van der Waals surface area (Å²) < 4.78 is 5.49. The maximum absolute atomic E-state index is 14.1. The topological polar surface area (TPSA) is 129 Å². The van der Waals surface area contributed by atoms with Crippen molar-refractivity contribution in [2.75, 3.05) is 18.0 Å². The average molecular weight is 583 g/mol. The lowest BCUT2D eigenvalue weighted by atomic mass is 9.87. The predicted octanol–water partition coefficient (Wildman–Crippen LogP) is 4.78. The maximum atomic E-state index is 14.1. The third-order valence-corrected chi connectivity index (χ3v) is 7.36. The van der Waals surface area contributed by atoms with E-state index in [1.165, 1.54) is 23.1 Å². The van der Waals surface area contributed by atoms with Crippen molar-refractivity contribution in [2.24, 2.45) is 0 Å². The highest BCUT2D eigenvalue weighted by atomic mass is 35.5. The number of carbonyl (C=O) groups excluding carboxylic acids is 3. The van der Waals surface area contributed by atoms with E-state index in [2.05, 4.69) is 10.3 Å². The molecule has 3 aromatic rings. The Kier molecular flexibility index (Phi) is 7.64. The molecule has 0 bridgehead atoms. The van der Waals surface area contributed by atoms with E-state index in [4.69, 9.17) is 33.0 Å². The number of carbonyl (C=O) groups is 4. The normalized spacial score (nSPS) is 20.0. The van der Waals surface area contributed by atoms with Gasteiger partial charge in [0.05, 0.1) is 18.7 Å². The predicted molar refractivity (Wildman–Crippen MR) is 147 cm³/mol. The number of fused-ring (bicyclic) bond motifs is 1. The first kappa shape index (κ1) is 27.4. The Hall–Kier alpha value is -4.15. The molecule has 5 rings (SSSR count). The molecule has 0 aliphatic carbocycles. The minimum atomic E-state index is -1.33. The molecule has 4 amide bonds. The summed E-state index contributed by atoms with van der Waals surface area (Å²) >= 11 is 12.3. The Bertz CT molecular complexity index is 1450. The van der Waals surface area contributed by atoms with Crippen LogP contribution in [0.4, 0.5) is 15.3 Å². The fourth-order valence-corrected chi connectivity index (χ4v) is 5.69. The zero-order chi connectivity index (χ0) is 28.4. The zero-order valence-electron chi connectivity index (χ0n) is 21.0. The lowest BCUT2D eigenvalue weighted by molar-refractivity contribution is -0.136. The number of carboxylic acids is 1. The number of aromatic nitrogens is 1. The number of ether oxygens (including phenoxy) is 1. The van der Waals surface area contributed by atoms with Crippen molar-refractivity contribution in [2.45, 2.75) is 30.9 Å². The van der Waals surface area contributed by atoms with Crippen LogP contribution in [0, 0.1) is 0 Å². The van der Waals surface area contributed by atoms with Gasteiger partial charge in [0.2, 0.25) is 0 Å². The number of pyridine rings is 1. The van der Waals surface area contributed by atoms with E-state index in [0.29, 0.717) is 0 Å². The monoisotopic (exact) mass is 582 g/mol. The van der Waals surface area contributed by atoms with Crippen LogP contribution in [-0.4, -0.2) is 63.7 Å². The number of hydrogen-bond acceptors (Lipinski definition) is 6. The molecule has 10 nitrogen and oxygen atoms in total. The Morgan fingerprint density at radius 2 is 1.80 bits per heavy atom. The second-order valence-corrected chi connectivity index (χ2v) is 10.5. The molecule has 2 aromatic carbocycles. The van der Waals surface area contributed by atoms with E-state index in [1.54, 1.807) is 12.4 Å². The molecule has 2 saturated heterocycles. The van der Waals surface area contributed by atoms with Crippen LogP contribution in [0.5, 0.6) is 0 Å². The van der Waals surface area contributed by atoms with Crippen molar-refractivity contribution >= 4 is 52.9 Å². The van der Waals surface area contributed by atoms with Crippen LogP contribution in [-0.2, 0) is 20.7 Å². The molecule has 3 heterocycles. The molecular formula is C28H24Cl2N4O6. The van der Waals surface area contributed by atoms with E-state index in [1.807, 2.05) is 36.4 Å². The summed E-state index contributed by atoms with van der Waals surface area (Å²) in [6.07, 6.45) is 1.81. The second-order valence-electron chi connectivity index (χ2n) is 9.61. The van der Waals surface area contributed by atoms with Gasteiger partial charge in [-0.1, -0.05) is 53.5 Å². The number of nitrogens with one attached hydrogen (secondary N) is 1. The first-order valence-corrected chi connectivity index (χ1v) is 13.2. The summed E-state index contributed by atoms with van der Waals surface area (Å²) in [7, 11) is 0. The van der Waals surface area contributed by atoms with Crippen LogP contribution in [0.25, 0.3) is 11.1 Å². The quantitative estimate of drug-likeness (QED) is 0.365. The van der Waals surface area contributed by atoms with Gasteiger partial charge in [-0.3, -0.25) is 14.6 Å². The lowest BCUT2D eigenvalue weighted by Gasteiger charge is -2.28. The molecule has 0 unspecified atom stereocenters. The largest absolute Gasteiger partial charge is 0.481 e. The van der Waals surface area contributed by atoms with Crippen molar-refractivity contribution in [1.29, 1.82) is 0 Å². The van der Waals surface area contributed by atoms with Gasteiger partial charge in [-0.05, 0) is 41.0 Å². The Labute approximate surface area is 239 Å². The molecule has 2 fully saturated rings. The summed E-state index contributed by atoms with van der Waals surface area (Å²) in [6.45, 7) is -0.129. The smallest absolute Gasteiger partial charge is 0.407 e. The first-order chi connectivity index (χ1) is 19.2. The number of hydrogen-bond donors (Lipinski definition) is 2. The minimum absolute atomic E-state index is 0.0184. The Morgan fingerprint density at radius 3 is 2.45 bits per heavy atom. The van der Waals surface area contributed by atoms with Gasteiger partial charge < -0.3 is 20.1 Å². The van der Waals surface area contributed by atoms with Gasteiger partial charge in [0.25, 0.3) is 5.91 Å². The summed E-state index contributed by atoms with van der Waals surface area (Å²) in [5, 5.41) is 11.7. The summed E-state index contributed by atoms with van der Waals surface area (Å²) in [5.41, 5.74) is 1.61. The highest BCUT2D eigenvalue weighted by molar-refractivity contribution is 6.35. The number of aliphatic carboxylic acids is 1. The molecule has 2 aliphatic rings. The van der Waals surface area contributed by atoms with E-state index in [0.717, 1.165) is 21.6 Å². The summed E-state index contributed by atoms with van der Waals surface area (Å²) in [4.78, 5) is 57.4. The number of halogens is 2. The van der Waals surface area contributed by atoms with Gasteiger partial charge >= 0.3 is 18.1 Å². The van der Waals surface area contributed by atoms with E-state index >= 15 is 0 Å². The zero-order valence-corrected chi connectivity index (χ0v) is 22.6. The average Bonchev–Trinajstić information content (AvgIpc) is 3.35. The van der Waals surface area contributed by atoms with Gasteiger partial charge in [0, 0.05) is 41.8 Å². The molecule has 2 atom stereocenters. The number of benzene rings is 2. The molecule has 0 saturated carbocycles. The van der Waals surface area contributed by atoms with E-state index in [9.17, 15) is 19.2 Å². The van der Waals surface area contributed by atoms with Crippen LogP contribution < -0.4 is 10.2 Å². The summed E-state index contributed by atoms with van der Waals surface area (Å²) in [5.74, 6) is -1.54. The highest BCUT2D eigenvalue weighted by Crippen LogP contribution is 2.44. The second kappa shape index (κ2) is 11.1. The molecule has 12 heteroatoms. The van der Waals surface area contributed by atoms with Gasteiger partial charge in [-0.15, -0.1) is 0 Å². The minimum Gasteiger partial charge on any atom is -0.481 e. The van der Waals surface area contributed by atoms with Crippen LogP contribution in [0.15, 0.2) is 67.0 Å². The molecule has 2 aliphatic heterocycles. The maximum Gasteiger partial charge on any atom is 0.407 e. The summed E-state index contributed by atoms with van der Waals surface area (Å²) in [6, 6.07) is 15.3. The number of carboxylic acid groups (broad SMARTS) is 1. The lowest BCUT2D eigenvalue weighted by Crippen LogP contribution is -2.47. The van der Waals surface area contributed by atoms with Gasteiger partial charge in [-0.25, -0.2) is 14.5 Å². The Morgan fingerprint density at radius 1 is 1.07 bits per heavy atom. The fourth-order valence-electron chi connectivity index (χ4n) is 5.18. The van der Waals surface area contributed by atoms with Crippen LogP contribution >= 0.6 is 23.2 Å². The van der Waals surface area contributed by atoms with Crippen LogP contribution in [0.3, 0.4) is 0 Å². The van der Waals surface area contributed by atoms with Gasteiger partial charge in [0.1, 0.15) is 11.6 Å². The van der Waals surface area contributed by atoms with Crippen LogP contribution in [0.1, 0.15) is 18.4 Å². The molecule has 0 radical (unpaired) electrons. The number of rotatable bonds is 8.